The molecule has 1 aromatic heterocycles. The van der Waals surface area contributed by atoms with Crippen LogP contribution in [0.25, 0.3) is 0 Å². The van der Waals surface area contributed by atoms with E-state index in [0.717, 1.165) is 11.3 Å². The van der Waals surface area contributed by atoms with Gasteiger partial charge in [-0.1, -0.05) is 35.1 Å². The fourth-order valence-electron chi connectivity index (χ4n) is 1.46. The number of rotatable bonds is 3. The Balaban J connectivity index is 2.22. The Kier molecular flexibility index (Phi) is 3.82. The molecule has 0 fully saturated rings. The van der Waals surface area contributed by atoms with Crippen molar-refractivity contribution in [1.82, 2.24) is 4.98 Å². The van der Waals surface area contributed by atoms with Gasteiger partial charge >= 0.3 is 5.97 Å². The monoisotopic (exact) mass is 296 g/mol. The molecular weight excluding hydrogens is 288 g/mol. The molecule has 1 heterocycles. The van der Waals surface area contributed by atoms with Crippen LogP contribution in [0.5, 0.6) is 0 Å². The first kappa shape index (κ1) is 13.5. The Bertz CT molecular complexity index is 654. The summed E-state index contributed by atoms with van der Waals surface area (Å²) >= 11 is 6.81. The largest absolute Gasteiger partial charge is 0.477 e. The number of benzene rings is 1. The number of aromatic nitrogens is 1. The molecule has 0 radical (unpaired) electrons. The zero-order valence-electron chi connectivity index (χ0n) is 9.81. The standard InChI is InChI=1S/C12H9ClN2O3S/c1-6-9(11(17)18)19-12(14-6)15-10(16)7-4-2-3-5-8(7)13/h2-5H,1H3,(H,17,18)(H,14,15,16). The minimum atomic E-state index is -1.06. The van der Waals surface area contributed by atoms with E-state index in [4.69, 9.17) is 16.7 Å². The van der Waals surface area contributed by atoms with Crippen molar-refractivity contribution < 1.29 is 14.7 Å². The molecule has 19 heavy (non-hydrogen) atoms. The number of thiazole rings is 1. The maximum Gasteiger partial charge on any atom is 0.347 e. The number of aromatic carboxylic acids is 1. The third-order valence-corrected chi connectivity index (χ3v) is 3.72. The number of nitrogens with zero attached hydrogens (tertiary/aromatic N) is 1. The van der Waals surface area contributed by atoms with Gasteiger partial charge in [-0.2, -0.15) is 0 Å². The second kappa shape index (κ2) is 5.38. The van der Waals surface area contributed by atoms with Crippen molar-refractivity contribution >= 4 is 39.9 Å². The van der Waals surface area contributed by atoms with E-state index < -0.39 is 11.9 Å². The van der Waals surface area contributed by atoms with E-state index in [0.29, 0.717) is 16.3 Å². The molecule has 0 spiro atoms. The van der Waals surface area contributed by atoms with Crippen LogP contribution in [0.1, 0.15) is 25.7 Å². The van der Waals surface area contributed by atoms with Crippen LogP contribution in [0.2, 0.25) is 5.02 Å². The number of carboxylic acids is 1. The summed E-state index contributed by atoms with van der Waals surface area (Å²) in [5.74, 6) is -1.48. The molecule has 0 bridgehead atoms. The highest BCUT2D eigenvalue weighted by Gasteiger charge is 2.17. The van der Waals surface area contributed by atoms with Crippen molar-refractivity contribution in [3.8, 4) is 0 Å². The summed E-state index contributed by atoms with van der Waals surface area (Å²) in [4.78, 5) is 26.9. The van der Waals surface area contributed by atoms with Gasteiger partial charge in [-0.25, -0.2) is 9.78 Å². The highest BCUT2D eigenvalue weighted by molar-refractivity contribution is 7.17. The van der Waals surface area contributed by atoms with E-state index in [1.165, 1.54) is 0 Å². The number of amides is 1. The van der Waals surface area contributed by atoms with Gasteiger partial charge in [0.2, 0.25) is 0 Å². The van der Waals surface area contributed by atoms with Gasteiger partial charge in [-0.05, 0) is 19.1 Å². The molecule has 0 saturated carbocycles. The Labute approximate surface area is 117 Å². The summed E-state index contributed by atoms with van der Waals surface area (Å²) in [6.45, 7) is 1.57. The van der Waals surface area contributed by atoms with Crippen molar-refractivity contribution in [2.24, 2.45) is 0 Å². The van der Waals surface area contributed by atoms with Crippen LogP contribution in [-0.2, 0) is 0 Å². The quantitative estimate of drug-likeness (QED) is 0.912. The first-order valence-corrected chi connectivity index (χ1v) is 6.45. The van der Waals surface area contributed by atoms with Crippen LogP contribution in [0.3, 0.4) is 0 Å². The van der Waals surface area contributed by atoms with Gasteiger partial charge in [-0.3, -0.25) is 10.1 Å². The maximum absolute atomic E-state index is 11.9. The van der Waals surface area contributed by atoms with E-state index in [-0.39, 0.29) is 10.0 Å². The Hall–Kier alpha value is -1.92. The number of aryl methyl sites for hydroxylation is 1. The maximum atomic E-state index is 11.9. The smallest absolute Gasteiger partial charge is 0.347 e. The second-order valence-electron chi connectivity index (χ2n) is 3.67. The van der Waals surface area contributed by atoms with Gasteiger partial charge in [0.25, 0.3) is 5.91 Å². The summed E-state index contributed by atoms with van der Waals surface area (Å²) < 4.78 is 0. The number of carbonyl (C=O) groups is 2. The number of halogens is 1. The molecule has 2 aromatic rings. The van der Waals surface area contributed by atoms with Crippen LogP contribution < -0.4 is 5.32 Å². The molecule has 0 aliphatic carbocycles. The van der Waals surface area contributed by atoms with E-state index in [9.17, 15) is 9.59 Å². The van der Waals surface area contributed by atoms with Crippen molar-refractivity contribution in [2.45, 2.75) is 6.92 Å². The molecule has 5 nitrogen and oxygen atoms in total. The molecule has 1 aromatic carbocycles. The van der Waals surface area contributed by atoms with Gasteiger partial charge in [0.15, 0.2) is 5.13 Å². The van der Waals surface area contributed by atoms with E-state index in [2.05, 4.69) is 10.3 Å². The third-order valence-electron chi connectivity index (χ3n) is 2.33. The zero-order chi connectivity index (χ0) is 14.0. The summed E-state index contributed by atoms with van der Waals surface area (Å²) in [5, 5.41) is 12.0. The first-order chi connectivity index (χ1) is 8.99. The number of carbonyl (C=O) groups excluding carboxylic acids is 1. The van der Waals surface area contributed by atoms with Crippen LogP contribution in [0, 0.1) is 6.92 Å². The Morgan fingerprint density at radius 3 is 2.63 bits per heavy atom. The van der Waals surface area contributed by atoms with Gasteiger partial charge < -0.3 is 5.11 Å². The van der Waals surface area contributed by atoms with Crippen molar-refractivity contribution in [2.75, 3.05) is 5.32 Å². The molecule has 0 aliphatic heterocycles. The fourth-order valence-corrected chi connectivity index (χ4v) is 2.48. The van der Waals surface area contributed by atoms with Gasteiger partial charge in [0, 0.05) is 0 Å². The first-order valence-electron chi connectivity index (χ1n) is 5.25. The minimum Gasteiger partial charge on any atom is -0.477 e. The normalized spacial score (nSPS) is 10.2. The lowest BCUT2D eigenvalue weighted by atomic mass is 10.2. The molecule has 2 N–H and O–H groups in total. The second-order valence-corrected chi connectivity index (χ2v) is 5.08. The SMILES string of the molecule is Cc1nc(NC(=O)c2ccccc2Cl)sc1C(=O)O. The van der Waals surface area contributed by atoms with Crippen LogP contribution >= 0.6 is 22.9 Å². The number of hydrogen-bond acceptors (Lipinski definition) is 4. The molecule has 0 atom stereocenters. The zero-order valence-corrected chi connectivity index (χ0v) is 11.4. The van der Waals surface area contributed by atoms with Crippen molar-refractivity contribution in [3.63, 3.8) is 0 Å². The highest BCUT2D eigenvalue weighted by Crippen LogP contribution is 2.24. The predicted molar refractivity (Wildman–Crippen MR) is 73.2 cm³/mol. The van der Waals surface area contributed by atoms with Gasteiger partial charge in [-0.15, -0.1) is 0 Å². The summed E-state index contributed by atoms with van der Waals surface area (Å²) in [7, 11) is 0. The third kappa shape index (κ3) is 2.91. The Morgan fingerprint density at radius 2 is 2.05 bits per heavy atom. The average Bonchev–Trinajstić information content (AvgIpc) is 2.70. The molecule has 98 valence electrons. The lowest BCUT2D eigenvalue weighted by Crippen LogP contribution is -2.12. The van der Waals surface area contributed by atoms with Gasteiger partial charge in [0.1, 0.15) is 4.88 Å². The lowest BCUT2D eigenvalue weighted by molar-refractivity contribution is 0.0701. The number of nitrogens with one attached hydrogen (secondary N) is 1. The van der Waals surface area contributed by atoms with Crippen LogP contribution in [0.15, 0.2) is 24.3 Å². The topological polar surface area (TPSA) is 79.3 Å². The van der Waals surface area contributed by atoms with Crippen LogP contribution in [-0.4, -0.2) is 22.0 Å². The van der Waals surface area contributed by atoms with Crippen LogP contribution in [0.4, 0.5) is 5.13 Å². The number of carboxylic acid groups (broad SMARTS) is 1. The predicted octanol–water partition coefficient (Wildman–Crippen LogP) is 3.06. The molecule has 1 amide bonds. The summed E-state index contributed by atoms with van der Waals surface area (Å²) in [5.41, 5.74) is 0.681. The highest BCUT2D eigenvalue weighted by atomic mass is 35.5. The van der Waals surface area contributed by atoms with Gasteiger partial charge in [0.05, 0.1) is 16.3 Å². The number of hydrogen-bond donors (Lipinski definition) is 2. The van der Waals surface area contributed by atoms with E-state index >= 15 is 0 Å². The number of anilines is 1. The lowest BCUT2D eigenvalue weighted by Gasteiger charge is -2.02. The molecule has 7 heteroatoms. The summed E-state index contributed by atoms with van der Waals surface area (Å²) in [6, 6.07) is 6.59. The van der Waals surface area contributed by atoms with E-state index in [1.807, 2.05) is 0 Å². The fraction of sp³-hybridized carbons (Fsp3) is 0.0833. The van der Waals surface area contributed by atoms with Crippen molar-refractivity contribution in [1.29, 1.82) is 0 Å². The van der Waals surface area contributed by atoms with Crippen molar-refractivity contribution in [3.05, 3.63) is 45.4 Å². The molecule has 0 aliphatic rings. The molecular formula is C12H9ClN2O3S. The molecule has 0 saturated heterocycles. The molecule has 2 rings (SSSR count). The van der Waals surface area contributed by atoms with E-state index in [1.54, 1.807) is 31.2 Å². The Morgan fingerprint density at radius 1 is 1.37 bits per heavy atom. The summed E-state index contributed by atoms with van der Waals surface area (Å²) in [6.07, 6.45) is 0. The average molecular weight is 297 g/mol. The molecule has 0 unspecified atom stereocenters. The minimum absolute atomic E-state index is 0.106.